The number of ether oxygens (including phenoxy) is 2. The maximum Gasteiger partial charge on any atom is 0.119 e. The fourth-order valence-corrected chi connectivity index (χ4v) is 2.67. The van der Waals surface area contributed by atoms with Crippen molar-refractivity contribution < 1.29 is 9.47 Å². The molecule has 0 fully saturated rings. The lowest BCUT2D eigenvalue weighted by Gasteiger charge is -2.10. The van der Waals surface area contributed by atoms with E-state index in [1.54, 1.807) is 0 Å². The Hall–Kier alpha value is -2.94. The summed E-state index contributed by atoms with van der Waals surface area (Å²) >= 11 is 0. The summed E-state index contributed by atoms with van der Waals surface area (Å²) in [5.74, 6) is 1.81. The lowest BCUT2D eigenvalue weighted by molar-refractivity contribution is 0.322. The SMILES string of the molecule is CCOc1ccc(CNc2ccc(OCCc3ccccc3)cc2)cc1. The molecule has 3 heteroatoms. The van der Waals surface area contributed by atoms with E-state index in [0.29, 0.717) is 13.2 Å². The van der Waals surface area contributed by atoms with Crippen LogP contribution in [0.1, 0.15) is 18.1 Å². The highest BCUT2D eigenvalue weighted by molar-refractivity contribution is 5.47. The zero-order chi connectivity index (χ0) is 18.0. The first-order valence-corrected chi connectivity index (χ1v) is 9.06. The molecule has 134 valence electrons. The van der Waals surface area contributed by atoms with Crippen LogP contribution >= 0.6 is 0 Å². The van der Waals surface area contributed by atoms with E-state index in [4.69, 9.17) is 9.47 Å². The van der Waals surface area contributed by atoms with Gasteiger partial charge in [0.25, 0.3) is 0 Å². The summed E-state index contributed by atoms with van der Waals surface area (Å²) in [6.45, 7) is 4.14. The number of hydrogen-bond donors (Lipinski definition) is 1. The van der Waals surface area contributed by atoms with E-state index >= 15 is 0 Å². The number of nitrogens with one attached hydrogen (secondary N) is 1. The summed E-state index contributed by atoms with van der Waals surface area (Å²) in [5, 5.41) is 3.43. The molecule has 0 atom stereocenters. The standard InChI is InChI=1S/C23H25NO2/c1-2-25-22-12-8-20(9-13-22)18-24-21-10-14-23(15-11-21)26-17-16-19-6-4-3-5-7-19/h3-15,24H,2,16-18H2,1H3. The Morgan fingerprint density at radius 1 is 0.692 bits per heavy atom. The molecule has 0 aliphatic heterocycles. The Bertz CT molecular complexity index is 768. The largest absolute Gasteiger partial charge is 0.494 e. The predicted octanol–water partition coefficient (Wildman–Crippen LogP) is 5.32. The van der Waals surface area contributed by atoms with Crippen LogP contribution in [-0.4, -0.2) is 13.2 Å². The second-order valence-electron chi connectivity index (χ2n) is 6.04. The average Bonchev–Trinajstić information content (AvgIpc) is 2.70. The maximum atomic E-state index is 5.82. The number of anilines is 1. The van der Waals surface area contributed by atoms with Crippen molar-refractivity contribution in [2.45, 2.75) is 19.9 Å². The first-order chi connectivity index (χ1) is 12.8. The Kier molecular flexibility index (Phi) is 6.54. The van der Waals surface area contributed by atoms with Gasteiger partial charge in [-0.05, 0) is 54.4 Å². The molecule has 0 heterocycles. The van der Waals surface area contributed by atoms with Crippen molar-refractivity contribution in [2.75, 3.05) is 18.5 Å². The molecule has 3 aromatic carbocycles. The molecular weight excluding hydrogens is 322 g/mol. The first-order valence-electron chi connectivity index (χ1n) is 9.06. The van der Waals surface area contributed by atoms with E-state index in [1.807, 2.05) is 49.4 Å². The van der Waals surface area contributed by atoms with Gasteiger partial charge in [-0.15, -0.1) is 0 Å². The van der Waals surface area contributed by atoms with Crippen molar-refractivity contribution in [1.82, 2.24) is 0 Å². The van der Waals surface area contributed by atoms with Crippen molar-refractivity contribution in [1.29, 1.82) is 0 Å². The third-order valence-corrected chi connectivity index (χ3v) is 4.09. The number of benzene rings is 3. The second kappa shape index (κ2) is 9.52. The highest BCUT2D eigenvalue weighted by atomic mass is 16.5. The number of hydrogen-bond acceptors (Lipinski definition) is 3. The lowest BCUT2D eigenvalue weighted by Crippen LogP contribution is -2.02. The van der Waals surface area contributed by atoms with E-state index in [2.05, 4.69) is 41.7 Å². The van der Waals surface area contributed by atoms with Gasteiger partial charge in [0, 0.05) is 18.7 Å². The van der Waals surface area contributed by atoms with Crippen molar-refractivity contribution in [3.8, 4) is 11.5 Å². The van der Waals surface area contributed by atoms with E-state index < -0.39 is 0 Å². The smallest absolute Gasteiger partial charge is 0.119 e. The van der Waals surface area contributed by atoms with Gasteiger partial charge in [0.15, 0.2) is 0 Å². The topological polar surface area (TPSA) is 30.5 Å². The number of rotatable bonds is 9. The van der Waals surface area contributed by atoms with Crippen LogP contribution in [0.2, 0.25) is 0 Å². The van der Waals surface area contributed by atoms with Crippen LogP contribution in [-0.2, 0) is 13.0 Å². The van der Waals surface area contributed by atoms with E-state index in [1.165, 1.54) is 11.1 Å². The molecule has 0 saturated heterocycles. The summed E-state index contributed by atoms with van der Waals surface area (Å²) in [6, 6.07) is 26.7. The fraction of sp³-hybridized carbons (Fsp3) is 0.217. The van der Waals surface area contributed by atoms with Gasteiger partial charge in [0.2, 0.25) is 0 Å². The molecule has 3 nitrogen and oxygen atoms in total. The van der Waals surface area contributed by atoms with Crippen LogP contribution in [0.25, 0.3) is 0 Å². The molecule has 1 N–H and O–H groups in total. The summed E-state index contributed by atoms with van der Waals surface area (Å²) in [5.41, 5.74) is 3.59. The third-order valence-electron chi connectivity index (χ3n) is 4.09. The van der Waals surface area contributed by atoms with Crippen LogP contribution in [0, 0.1) is 0 Å². The van der Waals surface area contributed by atoms with Crippen LogP contribution < -0.4 is 14.8 Å². The summed E-state index contributed by atoms with van der Waals surface area (Å²) in [6.07, 6.45) is 0.915. The molecule has 0 spiro atoms. The van der Waals surface area contributed by atoms with Gasteiger partial charge in [0.1, 0.15) is 11.5 Å². The molecule has 3 rings (SSSR count). The molecule has 0 aromatic heterocycles. The molecule has 0 aliphatic carbocycles. The fourth-order valence-electron chi connectivity index (χ4n) is 2.67. The normalized spacial score (nSPS) is 10.3. The third kappa shape index (κ3) is 5.55. The van der Waals surface area contributed by atoms with E-state index in [9.17, 15) is 0 Å². The molecule has 0 aliphatic rings. The van der Waals surface area contributed by atoms with Crippen molar-refractivity contribution >= 4 is 5.69 Å². The minimum atomic E-state index is 0.684. The minimum absolute atomic E-state index is 0.684. The van der Waals surface area contributed by atoms with E-state index in [0.717, 1.165) is 30.2 Å². The highest BCUT2D eigenvalue weighted by Crippen LogP contribution is 2.18. The van der Waals surface area contributed by atoms with Gasteiger partial charge in [-0.2, -0.15) is 0 Å². The van der Waals surface area contributed by atoms with Gasteiger partial charge in [-0.25, -0.2) is 0 Å². The molecule has 0 unspecified atom stereocenters. The monoisotopic (exact) mass is 347 g/mol. The second-order valence-corrected chi connectivity index (χ2v) is 6.04. The Balaban J connectivity index is 1.43. The molecule has 26 heavy (non-hydrogen) atoms. The van der Waals surface area contributed by atoms with Crippen LogP contribution in [0.3, 0.4) is 0 Å². The molecule has 0 radical (unpaired) electrons. The van der Waals surface area contributed by atoms with Crippen LogP contribution in [0.4, 0.5) is 5.69 Å². The quantitative estimate of drug-likeness (QED) is 0.568. The average molecular weight is 347 g/mol. The molecule has 3 aromatic rings. The summed E-state index contributed by atoms with van der Waals surface area (Å²) in [4.78, 5) is 0. The molecule has 0 bridgehead atoms. The van der Waals surface area contributed by atoms with Crippen molar-refractivity contribution in [2.24, 2.45) is 0 Å². The van der Waals surface area contributed by atoms with Gasteiger partial charge in [-0.1, -0.05) is 42.5 Å². The van der Waals surface area contributed by atoms with Gasteiger partial charge >= 0.3 is 0 Å². The zero-order valence-corrected chi connectivity index (χ0v) is 15.2. The van der Waals surface area contributed by atoms with Crippen molar-refractivity contribution in [3.05, 3.63) is 90.0 Å². The zero-order valence-electron chi connectivity index (χ0n) is 15.2. The van der Waals surface area contributed by atoms with Crippen molar-refractivity contribution in [3.63, 3.8) is 0 Å². The Morgan fingerprint density at radius 2 is 1.35 bits per heavy atom. The Morgan fingerprint density at radius 3 is 2.04 bits per heavy atom. The highest BCUT2D eigenvalue weighted by Gasteiger charge is 1.99. The predicted molar refractivity (Wildman–Crippen MR) is 107 cm³/mol. The summed E-state index contributed by atoms with van der Waals surface area (Å²) in [7, 11) is 0. The van der Waals surface area contributed by atoms with Gasteiger partial charge in [-0.3, -0.25) is 0 Å². The maximum absolute atomic E-state index is 5.82. The van der Waals surface area contributed by atoms with E-state index in [-0.39, 0.29) is 0 Å². The van der Waals surface area contributed by atoms with Crippen LogP contribution in [0.15, 0.2) is 78.9 Å². The molecular formula is C23H25NO2. The first kappa shape index (κ1) is 17.9. The molecule has 0 saturated carbocycles. The van der Waals surface area contributed by atoms with Gasteiger partial charge in [0.05, 0.1) is 13.2 Å². The van der Waals surface area contributed by atoms with Crippen LogP contribution in [0.5, 0.6) is 11.5 Å². The lowest BCUT2D eigenvalue weighted by atomic mass is 10.2. The Labute approximate surface area is 155 Å². The minimum Gasteiger partial charge on any atom is -0.494 e. The molecule has 0 amide bonds. The summed E-state index contributed by atoms with van der Waals surface area (Å²) < 4.78 is 11.3. The van der Waals surface area contributed by atoms with Gasteiger partial charge < -0.3 is 14.8 Å².